The van der Waals surface area contributed by atoms with Gasteiger partial charge in [-0.15, -0.1) is 0 Å². The largest absolute Gasteiger partial charge is 0.493 e. The van der Waals surface area contributed by atoms with E-state index in [9.17, 15) is 14.9 Å². The van der Waals surface area contributed by atoms with Crippen LogP contribution in [0.5, 0.6) is 11.5 Å². The van der Waals surface area contributed by atoms with Crippen LogP contribution in [0.25, 0.3) is 0 Å². The third-order valence-electron chi connectivity index (χ3n) is 4.21. The highest BCUT2D eigenvalue weighted by atomic mass is 16.5. The standard InChI is InChI=1S/C22H23N3O5/c1-28-19-11-17(22(27)30-3)18(12-20(19)29-2)25-14-16(13-23)21(26)24-10-9-15-7-5-4-6-8-15/h4-8,11-12,14,25H,9-10H2,1-3H3,(H,24,26). The van der Waals surface area contributed by atoms with Crippen LogP contribution in [0.15, 0.2) is 54.2 Å². The molecule has 0 aromatic heterocycles. The molecule has 30 heavy (non-hydrogen) atoms. The number of benzene rings is 2. The highest BCUT2D eigenvalue weighted by Crippen LogP contribution is 2.33. The Bertz CT molecular complexity index is 965. The molecule has 0 saturated heterocycles. The summed E-state index contributed by atoms with van der Waals surface area (Å²) < 4.78 is 15.2. The normalized spacial score (nSPS) is 10.5. The van der Waals surface area contributed by atoms with Crippen molar-refractivity contribution in [2.24, 2.45) is 0 Å². The van der Waals surface area contributed by atoms with Crippen LogP contribution in [0.3, 0.4) is 0 Å². The predicted octanol–water partition coefficient (Wildman–Crippen LogP) is 2.67. The molecule has 0 fully saturated rings. The number of ether oxygens (including phenoxy) is 3. The van der Waals surface area contributed by atoms with E-state index in [1.807, 2.05) is 36.4 Å². The molecule has 156 valence electrons. The third kappa shape index (κ3) is 5.75. The van der Waals surface area contributed by atoms with Gasteiger partial charge in [-0.1, -0.05) is 30.3 Å². The monoisotopic (exact) mass is 409 g/mol. The van der Waals surface area contributed by atoms with E-state index in [0.717, 1.165) is 5.56 Å². The molecule has 0 bridgehead atoms. The van der Waals surface area contributed by atoms with Crippen LogP contribution in [0.1, 0.15) is 15.9 Å². The molecule has 8 nitrogen and oxygen atoms in total. The molecule has 0 aliphatic rings. The summed E-state index contributed by atoms with van der Waals surface area (Å²) in [4.78, 5) is 24.4. The molecule has 0 spiro atoms. The maximum absolute atomic E-state index is 12.3. The SMILES string of the molecule is COC(=O)c1cc(OC)c(OC)cc1NC=C(C#N)C(=O)NCCc1ccccc1. The number of rotatable bonds is 9. The molecular formula is C22H23N3O5. The molecule has 2 aromatic rings. The van der Waals surface area contributed by atoms with Gasteiger partial charge in [0.05, 0.1) is 32.6 Å². The van der Waals surface area contributed by atoms with Crippen LogP contribution in [0, 0.1) is 11.3 Å². The molecule has 1 amide bonds. The molecule has 2 rings (SSSR count). The lowest BCUT2D eigenvalue weighted by Crippen LogP contribution is -2.27. The quantitative estimate of drug-likeness (QED) is 0.372. The van der Waals surface area contributed by atoms with Crippen molar-refractivity contribution in [3.63, 3.8) is 0 Å². The van der Waals surface area contributed by atoms with Crippen LogP contribution in [-0.4, -0.2) is 39.8 Å². The maximum Gasteiger partial charge on any atom is 0.340 e. The molecule has 0 unspecified atom stereocenters. The lowest BCUT2D eigenvalue weighted by atomic mass is 10.1. The van der Waals surface area contributed by atoms with Gasteiger partial charge in [0.1, 0.15) is 11.6 Å². The van der Waals surface area contributed by atoms with Crippen molar-refractivity contribution >= 4 is 17.6 Å². The lowest BCUT2D eigenvalue weighted by molar-refractivity contribution is -0.117. The van der Waals surface area contributed by atoms with Crippen LogP contribution >= 0.6 is 0 Å². The Morgan fingerprint density at radius 2 is 1.73 bits per heavy atom. The fraction of sp³-hybridized carbons (Fsp3) is 0.227. The average Bonchev–Trinajstić information content (AvgIpc) is 2.79. The van der Waals surface area contributed by atoms with E-state index in [1.165, 1.54) is 39.7 Å². The van der Waals surface area contributed by atoms with E-state index in [4.69, 9.17) is 14.2 Å². The van der Waals surface area contributed by atoms with Crippen molar-refractivity contribution in [1.29, 1.82) is 5.26 Å². The average molecular weight is 409 g/mol. The van der Waals surface area contributed by atoms with E-state index in [1.54, 1.807) is 0 Å². The van der Waals surface area contributed by atoms with Gasteiger partial charge >= 0.3 is 5.97 Å². The smallest absolute Gasteiger partial charge is 0.340 e. The zero-order chi connectivity index (χ0) is 21.9. The number of nitrogens with one attached hydrogen (secondary N) is 2. The Morgan fingerprint density at radius 1 is 1.07 bits per heavy atom. The minimum absolute atomic E-state index is 0.145. The first-order valence-electron chi connectivity index (χ1n) is 9.07. The van der Waals surface area contributed by atoms with Crippen molar-refractivity contribution in [2.45, 2.75) is 6.42 Å². The van der Waals surface area contributed by atoms with E-state index < -0.39 is 11.9 Å². The third-order valence-corrected chi connectivity index (χ3v) is 4.21. The number of nitrogens with zero attached hydrogens (tertiary/aromatic N) is 1. The summed E-state index contributed by atoms with van der Waals surface area (Å²) in [5.74, 6) is -0.433. The molecule has 0 saturated carbocycles. The molecule has 0 aliphatic heterocycles. The molecule has 2 N–H and O–H groups in total. The summed E-state index contributed by atoms with van der Waals surface area (Å²) in [7, 11) is 4.15. The van der Waals surface area contributed by atoms with Gasteiger partial charge in [0.2, 0.25) is 0 Å². The van der Waals surface area contributed by atoms with Crippen LogP contribution in [-0.2, 0) is 16.0 Å². The fourth-order valence-corrected chi connectivity index (χ4v) is 2.64. The topological polar surface area (TPSA) is 110 Å². The van der Waals surface area contributed by atoms with Gasteiger partial charge in [-0.25, -0.2) is 4.79 Å². The predicted molar refractivity (Wildman–Crippen MR) is 111 cm³/mol. The minimum atomic E-state index is -0.613. The maximum atomic E-state index is 12.3. The highest BCUT2D eigenvalue weighted by Gasteiger charge is 2.18. The highest BCUT2D eigenvalue weighted by molar-refractivity contribution is 5.99. The van der Waals surface area contributed by atoms with Crippen LogP contribution in [0.2, 0.25) is 0 Å². The number of nitriles is 1. The summed E-state index contributed by atoms with van der Waals surface area (Å²) >= 11 is 0. The molecule has 0 aliphatic carbocycles. The first-order chi connectivity index (χ1) is 14.5. The van der Waals surface area contributed by atoms with Crippen molar-refractivity contribution in [3.8, 4) is 17.6 Å². The van der Waals surface area contributed by atoms with E-state index in [2.05, 4.69) is 10.6 Å². The van der Waals surface area contributed by atoms with Crippen molar-refractivity contribution in [3.05, 3.63) is 65.4 Å². The second kappa shape index (κ2) is 11.1. The number of esters is 1. The molecule has 0 heterocycles. The molecule has 0 atom stereocenters. The Kier molecular flexibility index (Phi) is 8.27. The summed E-state index contributed by atoms with van der Waals surface area (Å²) in [6, 6.07) is 14.5. The van der Waals surface area contributed by atoms with E-state index in [-0.39, 0.29) is 11.1 Å². The Labute approximate surface area is 175 Å². The van der Waals surface area contributed by atoms with Gasteiger partial charge in [-0.3, -0.25) is 4.79 Å². The number of hydrogen-bond donors (Lipinski definition) is 2. The lowest BCUT2D eigenvalue weighted by Gasteiger charge is -2.14. The van der Waals surface area contributed by atoms with Gasteiger partial charge < -0.3 is 24.8 Å². The van der Waals surface area contributed by atoms with Gasteiger partial charge in [0, 0.05) is 24.9 Å². The van der Waals surface area contributed by atoms with Crippen molar-refractivity contribution in [1.82, 2.24) is 5.32 Å². The van der Waals surface area contributed by atoms with Gasteiger partial charge in [-0.2, -0.15) is 5.26 Å². The van der Waals surface area contributed by atoms with Crippen molar-refractivity contribution in [2.75, 3.05) is 33.2 Å². The Balaban J connectivity index is 2.15. The van der Waals surface area contributed by atoms with Gasteiger partial charge in [0.15, 0.2) is 11.5 Å². The first-order valence-corrected chi connectivity index (χ1v) is 9.07. The summed E-state index contributed by atoms with van der Waals surface area (Å²) in [6.07, 6.45) is 1.87. The molecule has 2 aromatic carbocycles. The first kappa shape index (κ1) is 22.3. The number of hydrogen-bond acceptors (Lipinski definition) is 7. The number of carbonyl (C=O) groups excluding carboxylic acids is 2. The Hall–Kier alpha value is -3.99. The zero-order valence-corrected chi connectivity index (χ0v) is 17.0. The Morgan fingerprint density at radius 3 is 2.33 bits per heavy atom. The summed E-state index contributed by atoms with van der Waals surface area (Å²) in [6.45, 7) is 0.381. The van der Waals surface area contributed by atoms with E-state index in [0.29, 0.717) is 30.2 Å². The second-order valence-corrected chi connectivity index (χ2v) is 6.05. The van der Waals surface area contributed by atoms with Gasteiger partial charge in [-0.05, 0) is 12.0 Å². The summed E-state index contributed by atoms with van der Waals surface area (Å²) in [5.41, 5.74) is 1.39. The number of methoxy groups -OCH3 is 3. The van der Waals surface area contributed by atoms with Crippen LogP contribution < -0.4 is 20.1 Å². The number of amides is 1. The number of carbonyl (C=O) groups is 2. The van der Waals surface area contributed by atoms with E-state index >= 15 is 0 Å². The minimum Gasteiger partial charge on any atom is -0.493 e. The molecule has 8 heteroatoms. The zero-order valence-electron chi connectivity index (χ0n) is 17.0. The number of anilines is 1. The molecule has 0 radical (unpaired) electrons. The fourth-order valence-electron chi connectivity index (χ4n) is 2.64. The molecular weight excluding hydrogens is 386 g/mol. The second-order valence-electron chi connectivity index (χ2n) is 6.05. The van der Waals surface area contributed by atoms with Crippen LogP contribution in [0.4, 0.5) is 5.69 Å². The van der Waals surface area contributed by atoms with Crippen molar-refractivity contribution < 1.29 is 23.8 Å². The van der Waals surface area contributed by atoms with Gasteiger partial charge in [0.25, 0.3) is 5.91 Å². The summed E-state index contributed by atoms with van der Waals surface area (Å²) in [5, 5.41) is 14.9.